The third kappa shape index (κ3) is 5.57. The Hall–Kier alpha value is -2.13. The smallest absolute Gasteiger partial charge is 0.414 e. The third-order valence-corrected chi connectivity index (χ3v) is 3.03. The normalized spacial score (nSPS) is 18.1. The van der Waals surface area contributed by atoms with Crippen molar-refractivity contribution in [3.8, 4) is 0 Å². The van der Waals surface area contributed by atoms with Gasteiger partial charge in [-0.2, -0.15) is 83.4 Å². The lowest BCUT2D eigenvalue weighted by molar-refractivity contribution is -0.562. The van der Waals surface area contributed by atoms with E-state index in [4.69, 9.17) is 0 Å². The second-order valence-electron chi connectivity index (χ2n) is 5.40. The van der Waals surface area contributed by atoms with Crippen molar-refractivity contribution in [1.29, 1.82) is 0 Å². The summed E-state index contributed by atoms with van der Waals surface area (Å²) in [4.78, 5) is 0. The number of hydrogen-bond donors (Lipinski definition) is 0. The molecule has 0 saturated carbocycles. The van der Waals surface area contributed by atoms with E-state index in [0.717, 1.165) is 0 Å². The van der Waals surface area contributed by atoms with Crippen LogP contribution >= 0.6 is 0 Å². The van der Waals surface area contributed by atoms with Crippen molar-refractivity contribution in [2.75, 3.05) is 0 Å². The van der Waals surface area contributed by atoms with E-state index < -0.39 is 66.5 Å². The van der Waals surface area contributed by atoms with Crippen LogP contribution in [0.5, 0.6) is 0 Å². The zero-order chi connectivity index (χ0) is 28.0. The van der Waals surface area contributed by atoms with E-state index in [1.54, 1.807) is 9.47 Å². The number of halogens is 19. The molecule has 2 unspecified atom stereocenters. The molecule has 0 aromatic rings. The lowest BCUT2D eigenvalue weighted by Gasteiger charge is -2.40. The van der Waals surface area contributed by atoms with Crippen LogP contribution in [-0.4, -0.2) is 48.3 Å². The maximum Gasteiger partial charge on any atom is 0.470 e. The zero-order valence-corrected chi connectivity index (χ0v) is 14.7. The van der Waals surface area contributed by atoms with Gasteiger partial charge >= 0.3 is 60.4 Å². The quantitative estimate of drug-likeness (QED) is 0.163. The number of rotatable bonds is 10. The van der Waals surface area contributed by atoms with Gasteiger partial charge in [0.15, 0.2) is 0 Å². The molecule has 0 radical (unpaired) electrons. The summed E-state index contributed by atoms with van der Waals surface area (Å²) in [5.74, 6) is -22.0. The lowest BCUT2D eigenvalue weighted by Crippen LogP contribution is -2.68. The van der Waals surface area contributed by atoms with Crippen molar-refractivity contribution >= 4 is 0 Å². The van der Waals surface area contributed by atoms with Gasteiger partial charge in [0.05, 0.1) is 0 Å². The van der Waals surface area contributed by atoms with E-state index in [-0.39, 0.29) is 0 Å². The fourth-order valence-electron chi connectivity index (χ4n) is 1.38. The molecule has 0 heterocycles. The van der Waals surface area contributed by atoms with Crippen LogP contribution < -0.4 is 0 Å². The summed E-state index contributed by atoms with van der Waals surface area (Å²) in [6.07, 6.45) is -44.2. The Kier molecular flexibility index (Phi) is 8.27. The van der Waals surface area contributed by atoms with Crippen LogP contribution in [0.2, 0.25) is 0 Å². The summed E-state index contributed by atoms with van der Waals surface area (Å²) in [6, 6.07) is -4.28. The Labute approximate surface area is 172 Å². The Bertz CT molecular complexity index is 778. The summed E-state index contributed by atoms with van der Waals surface area (Å²) >= 11 is 0. The number of alkyl halides is 16. The van der Waals surface area contributed by atoms with Gasteiger partial charge in [0.1, 0.15) is 0 Å². The Balaban J connectivity index is 6.85. The first kappa shape index (κ1) is 31.9. The van der Waals surface area contributed by atoms with Crippen molar-refractivity contribution in [3.63, 3.8) is 0 Å². The Morgan fingerprint density at radius 3 is 1.18 bits per heavy atom. The molecule has 0 N–H and O–H groups in total. The summed E-state index contributed by atoms with van der Waals surface area (Å²) < 4.78 is 249. The van der Waals surface area contributed by atoms with Gasteiger partial charge in [-0.1, -0.05) is 6.58 Å². The van der Waals surface area contributed by atoms with Crippen molar-refractivity contribution < 1.29 is 97.6 Å². The molecular weight excluding hydrogens is 553 g/mol. The molecule has 0 aliphatic carbocycles. The van der Waals surface area contributed by atoms with Gasteiger partial charge in [-0.25, -0.2) is 4.74 Å². The minimum Gasteiger partial charge on any atom is -0.414 e. The van der Waals surface area contributed by atoms with Crippen molar-refractivity contribution in [2.24, 2.45) is 0 Å². The van der Waals surface area contributed by atoms with E-state index in [9.17, 15) is 83.4 Å². The van der Waals surface area contributed by atoms with Crippen LogP contribution in [0.4, 0.5) is 83.4 Å². The van der Waals surface area contributed by atoms with E-state index >= 15 is 0 Å². The van der Waals surface area contributed by atoms with Gasteiger partial charge in [0.25, 0.3) is 0 Å². The predicted molar refractivity (Wildman–Crippen MR) is 63.4 cm³/mol. The molecule has 0 fully saturated rings. The Morgan fingerprint density at radius 1 is 0.529 bits per heavy atom. The average molecular weight is 556 g/mol. The van der Waals surface area contributed by atoms with E-state index in [1.807, 2.05) is 6.58 Å². The van der Waals surface area contributed by atoms with Crippen molar-refractivity contribution in [1.82, 2.24) is 0 Å². The van der Waals surface area contributed by atoms with Gasteiger partial charge in [-0.15, -0.1) is 0 Å². The molecule has 0 aliphatic rings. The molecule has 0 saturated heterocycles. The van der Waals surface area contributed by atoms with Crippen LogP contribution in [0, 0.1) is 0 Å². The van der Waals surface area contributed by atoms with Crippen LogP contribution in [0.1, 0.15) is 0 Å². The molecule has 0 rings (SSSR count). The highest BCUT2D eigenvalue weighted by atomic mass is 19.4. The minimum absolute atomic E-state index is 1.31. The molecule has 0 aromatic heterocycles. The Morgan fingerprint density at radius 2 is 0.882 bits per heavy atom. The highest BCUT2D eigenvalue weighted by Crippen LogP contribution is 2.57. The van der Waals surface area contributed by atoms with Gasteiger partial charge in [0.2, 0.25) is 0 Å². The van der Waals surface area contributed by atoms with Crippen molar-refractivity contribution in [2.45, 2.75) is 48.3 Å². The average Bonchev–Trinajstić information content (AvgIpc) is 2.57. The molecular formula is C12H3F19O3. The van der Waals surface area contributed by atoms with E-state index in [2.05, 4.69) is 0 Å². The molecule has 0 aromatic carbocycles. The van der Waals surface area contributed by atoms with Crippen LogP contribution in [-0.2, 0) is 14.2 Å². The van der Waals surface area contributed by atoms with Gasteiger partial charge in [0, 0.05) is 0 Å². The van der Waals surface area contributed by atoms with Crippen LogP contribution in [0.15, 0.2) is 24.7 Å². The molecule has 0 aliphatic heterocycles. The molecule has 0 amide bonds. The van der Waals surface area contributed by atoms with E-state index in [0.29, 0.717) is 0 Å². The fraction of sp³-hybridized carbons (Fsp3) is 0.667. The number of hydrogen-bond acceptors (Lipinski definition) is 3. The van der Waals surface area contributed by atoms with Gasteiger partial charge < -0.3 is 4.74 Å². The maximum absolute atomic E-state index is 13.9. The van der Waals surface area contributed by atoms with Crippen LogP contribution in [0.25, 0.3) is 0 Å². The van der Waals surface area contributed by atoms with Crippen LogP contribution in [0.3, 0.4) is 0 Å². The SMILES string of the molecule is C=CC(F)(F)C(F)(F)OC(F)(F)C(F)(OC(F)(F)C(F)(OC(F)=C(F)F)C(F)(F)F)C(F)(F)F. The lowest BCUT2D eigenvalue weighted by atomic mass is 10.2. The van der Waals surface area contributed by atoms with Gasteiger partial charge in [-0.3, -0.25) is 4.74 Å². The zero-order valence-electron chi connectivity index (χ0n) is 14.7. The summed E-state index contributed by atoms with van der Waals surface area (Å²) in [6.45, 7) is 1.89. The second kappa shape index (κ2) is 8.82. The second-order valence-corrected chi connectivity index (χ2v) is 5.40. The van der Waals surface area contributed by atoms with Crippen molar-refractivity contribution in [3.05, 3.63) is 24.7 Å². The first-order valence-corrected chi connectivity index (χ1v) is 7.01. The molecule has 202 valence electrons. The monoisotopic (exact) mass is 556 g/mol. The molecule has 2 atom stereocenters. The highest BCUT2D eigenvalue weighted by Gasteiger charge is 2.85. The largest absolute Gasteiger partial charge is 0.470 e. The summed E-state index contributed by atoms with van der Waals surface area (Å²) in [5, 5.41) is 0. The molecule has 34 heavy (non-hydrogen) atoms. The minimum atomic E-state index is -8.11. The first-order chi connectivity index (χ1) is 14.6. The third-order valence-electron chi connectivity index (χ3n) is 3.03. The maximum atomic E-state index is 13.9. The number of ether oxygens (including phenoxy) is 3. The molecule has 0 bridgehead atoms. The molecule has 22 heteroatoms. The standard InChI is InChI=1S/C12H3F19O3/c1-2-5(16,17)10(26,27)34-12(30,31)7(19,9(23,24)25)33-11(28,29)6(18,8(20,21)22)32-4(15)3(13)14/h2H,1H2. The van der Waals surface area contributed by atoms with Gasteiger partial charge in [-0.05, 0) is 6.08 Å². The fourth-order valence-corrected chi connectivity index (χ4v) is 1.38. The molecule has 3 nitrogen and oxygen atoms in total. The first-order valence-electron chi connectivity index (χ1n) is 7.01. The summed E-state index contributed by atoms with van der Waals surface area (Å²) in [7, 11) is 0. The highest BCUT2D eigenvalue weighted by molar-refractivity contribution is 4.99. The predicted octanol–water partition coefficient (Wildman–Crippen LogP) is 7.13. The summed E-state index contributed by atoms with van der Waals surface area (Å²) in [5.41, 5.74) is 0. The van der Waals surface area contributed by atoms with E-state index in [1.165, 1.54) is 4.74 Å². The topological polar surface area (TPSA) is 27.7 Å². The molecule has 0 spiro atoms.